The minimum atomic E-state index is -0.501. The summed E-state index contributed by atoms with van der Waals surface area (Å²) in [6, 6.07) is 0. The lowest BCUT2D eigenvalue weighted by atomic mass is 10.2. The van der Waals surface area contributed by atoms with Crippen molar-refractivity contribution in [2.45, 2.75) is 13.8 Å². The van der Waals surface area contributed by atoms with Gasteiger partial charge in [0.2, 0.25) is 0 Å². The van der Waals surface area contributed by atoms with Gasteiger partial charge in [0.1, 0.15) is 0 Å². The van der Waals surface area contributed by atoms with Crippen LogP contribution in [0.4, 0.5) is 0 Å². The maximum atomic E-state index is 9.97. The second kappa shape index (κ2) is 3.82. The number of nitro groups is 1. The minimum Gasteiger partial charge on any atom is -0.258 e. The normalized spacial score (nSPS) is 10.7. The quantitative estimate of drug-likeness (QED) is 0.342. The lowest BCUT2D eigenvalue weighted by Gasteiger charge is -1.91. The van der Waals surface area contributed by atoms with Crippen LogP contribution in [0.2, 0.25) is 0 Å². The fourth-order valence-corrected chi connectivity index (χ4v) is 0.364. The molecule has 56 valence electrons. The Kier molecular flexibility index (Phi) is 3.39. The molecular weight excluding hydrogens is 130 g/mol. The van der Waals surface area contributed by atoms with Gasteiger partial charge in [-0.3, -0.25) is 10.1 Å². The molecule has 0 unspecified atom stereocenters. The van der Waals surface area contributed by atoms with Crippen molar-refractivity contribution in [1.82, 2.24) is 0 Å². The van der Waals surface area contributed by atoms with Crippen LogP contribution in [0.25, 0.3) is 0 Å². The van der Waals surface area contributed by atoms with Crippen LogP contribution in [0.5, 0.6) is 0 Å². The first-order valence-corrected chi connectivity index (χ1v) is 3.05. The van der Waals surface area contributed by atoms with E-state index in [1.165, 1.54) is 6.08 Å². The second-order valence-electron chi connectivity index (χ2n) is 2.35. The Morgan fingerprint density at radius 3 is 2.50 bits per heavy atom. The molecule has 10 heavy (non-hydrogen) atoms. The number of rotatable bonds is 3. The summed E-state index contributed by atoms with van der Waals surface area (Å²) in [5, 5.41) is 9.97. The van der Waals surface area contributed by atoms with Crippen LogP contribution >= 0.6 is 0 Å². The number of allylic oxidation sites excluding steroid dienone is 2. The minimum absolute atomic E-state index is 0.0614. The van der Waals surface area contributed by atoms with Crippen molar-refractivity contribution in [2.24, 2.45) is 5.92 Å². The van der Waals surface area contributed by atoms with Crippen LogP contribution in [0.1, 0.15) is 13.8 Å². The van der Waals surface area contributed by atoms with Gasteiger partial charge < -0.3 is 0 Å². The molecule has 0 aromatic rings. The summed E-state index contributed by atoms with van der Waals surface area (Å²) < 4.78 is 0. The van der Waals surface area contributed by atoms with Gasteiger partial charge in [0.25, 0.3) is 5.70 Å². The highest BCUT2D eigenvalue weighted by Crippen LogP contribution is 1.98. The van der Waals surface area contributed by atoms with Crippen LogP contribution in [0.3, 0.4) is 0 Å². The summed E-state index contributed by atoms with van der Waals surface area (Å²) in [6.07, 6.45) is 3.16. The molecule has 0 bridgehead atoms. The van der Waals surface area contributed by atoms with Gasteiger partial charge in [-0.15, -0.1) is 0 Å². The van der Waals surface area contributed by atoms with Gasteiger partial charge in [-0.25, -0.2) is 0 Å². The van der Waals surface area contributed by atoms with E-state index in [-0.39, 0.29) is 5.70 Å². The van der Waals surface area contributed by atoms with E-state index in [2.05, 4.69) is 6.58 Å². The average molecular weight is 141 g/mol. The zero-order chi connectivity index (χ0) is 8.15. The molecule has 0 N–H and O–H groups in total. The highest BCUT2D eigenvalue weighted by Gasteiger charge is 1.98. The van der Waals surface area contributed by atoms with Crippen molar-refractivity contribution in [3.63, 3.8) is 0 Å². The molecule has 3 heteroatoms. The first-order chi connectivity index (χ1) is 4.54. The van der Waals surface area contributed by atoms with Crippen molar-refractivity contribution >= 4 is 0 Å². The average Bonchev–Trinajstić information content (AvgIpc) is 1.82. The molecule has 3 nitrogen and oxygen atoms in total. The summed E-state index contributed by atoms with van der Waals surface area (Å²) in [7, 11) is 0. The van der Waals surface area contributed by atoms with E-state index < -0.39 is 4.92 Å². The molecule has 0 saturated heterocycles. The zero-order valence-corrected chi connectivity index (χ0v) is 6.20. The highest BCUT2D eigenvalue weighted by molar-refractivity contribution is 5.06. The Hall–Kier alpha value is -1.12. The smallest absolute Gasteiger partial charge is 0.258 e. The molecule has 0 saturated carbocycles. The predicted molar refractivity (Wildman–Crippen MR) is 40.1 cm³/mol. The number of nitrogens with zero attached hydrogens (tertiary/aromatic N) is 1. The molecule has 0 rings (SSSR count). The van der Waals surface area contributed by atoms with E-state index >= 15 is 0 Å². The van der Waals surface area contributed by atoms with E-state index in [9.17, 15) is 10.1 Å². The van der Waals surface area contributed by atoms with Crippen LogP contribution in [-0.4, -0.2) is 4.92 Å². The summed E-state index contributed by atoms with van der Waals surface area (Å²) in [5.41, 5.74) is -0.0614. The van der Waals surface area contributed by atoms with Gasteiger partial charge in [-0.1, -0.05) is 19.9 Å². The SMILES string of the molecule is C=C(/C=C\C(C)C)[N+](=O)[O-]. The number of hydrogen-bond acceptors (Lipinski definition) is 2. The maximum absolute atomic E-state index is 9.97. The third kappa shape index (κ3) is 3.83. The molecule has 0 aliphatic carbocycles. The van der Waals surface area contributed by atoms with Gasteiger partial charge in [-0.2, -0.15) is 0 Å². The molecule has 0 aromatic carbocycles. The first-order valence-electron chi connectivity index (χ1n) is 3.05. The third-order valence-corrected chi connectivity index (χ3v) is 0.908. The Bertz CT molecular complexity index is 170. The summed E-state index contributed by atoms with van der Waals surface area (Å²) in [6.45, 7) is 7.14. The molecule has 0 aliphatic rings. The lowest BCUT2D eigenvalue weighted by molar-refractivity contribution is -0.418. The van der Waals surface area contributed by atoms with Crippen molar-refractivity contribution in [3.8, 4) is 0 Å². The Balaban J connectivity index is 3.91. The fourth-order valence-electron chi connectivity index (χ4n) is 0.364. The van der Waals surface area contributed by atoms with Crippen LogP contribution < -0.4 is 0 Å². The lowest BCUT2D eigenvalue weighted by Crippen LogP contribution is -1.93. The first kappa shape index (κ1) is 8.88. The molecule has 0 fully saturated rings. The summed E-state index contributed by atoms with van der Waals surface area (Å²) >= 11 is 0. The molecule has 0 heterocycles. The monoisotopic (exact) mass is 141 g/mol. The van der Waals surface area contributed by atoms with E-state index in [1.54, 1.807) is 6.08 Å². The zero-order valence-electron chi connectivity index (χ0n) is 6.20. The molecule has 0 spiro atoms. The van der Waals surface area contributed by atoms with E-state index in [0.29, 0.717) is 5.92 Å². The van der Waals surface area contributed by atoms with Gasteiger partial charge in [-0.05, 0) is 12.5 Å². The molecule has 0 radical (unpaired) electrons. The summed E-state index contributed by atoms with van der Waals surface area (Å²) in [5.74, 6) is 0.330. The van der Waals surface area contributed by atoms with Crippen molar-refractivity contribution in [1.29, 1.82) is 0 Å². The van der Waals surface area contributed by atoms with Crippen LogP contribution in [0.15, 0.2) is 24.4 Å². The van der Waals surface area contributed by atoms with Crippen LogP contribution in [-0.2, 0) is 0 Å². The predicted octanol–water partition coefficient (Wildman–Crippen LogP) is 1.99. The van der Waals surface area contributed by atoms with E-state index in [0.717, 1.165) is 0 Å². The standard InChI is InChI=1S/C7H11NO2/c1-6(2)4-5-7(3)8(9)10/h4-6H,3H2,1-2H3/b5-4-. The van der Waals surface area contributed by atoms with Crippen molar-refractivity contribution in [3.05, 3.63) is 34.5 Å². The molecule has 0 amide bonds. The molecule has 0 aromatic heterocycles. The van der Waals surface area contributed by atoms with Gasteiger partial charge in [0, 0.05) is 6.08 Å². The van der Waals surface area contributed by atoms with Gasteiger partial charge in [0.05, 0.1) is 4.92 Å². The number of hydrogen-bond donors (Lipinski definition) is 0. The Morgan fingerprint density at radius 2 is 2.20 bits per heavy atom. The van der Waals surface area contributed by atoms with E-state index in [4.69, 9.17) is 0 Å². The Morgan fingerprint density at radius 1 is 1.70 bits per heavy atom. The van der Waals surface area contributed by atoms with Crippen LogP contribution in [0, 0.1) is 16.0 Å². The second-order valence-corrected chi connectivity index (χ2v) is 2.35. The van der Waals surface area contributed by atoms with Gasteiger partial charge >= 0.3 is 0 Å². The largest absolute Gasteiger partial charge is 0.262 e. The molecule has 0 atom stereocenters. The molecule has 0 aliphatic heterocycles. The highest BCUT2D eigenvalue weighted by atomic mass is 16.6. The fraction of sp³-hybridized carbons (Fsp3) is 0.429. The Labute approximate surface area is 60.2 Å². The maximum Gasteiger partial charge on any atom is 0.262 e. The van der Waals surface area contributed by atoms with E-state index in [1.807, 2.05) is 13.8 Å². The molecular formula is C7H11NO2. The summed E-state index contributed by atoms with van der Waals surface area (Å²) in [4.78, 5) is 9.47. The topological polar surface area (TPSA) is 43.1 Å². The third-order valence-electron chi connectivity index (χ3n) is 0.908. The van der Waals surface area contributed by atoms with Gasteiger partial charge in [0.15, 0.2) is 0 Å². The van der Waals surface area contributed by atoms with Crippen molar-refractivity contribution in [2.75, 3.05) is 0 Å². The van der Waals surface area contributed by atoms with Crippen molar-refractivity contribution < 1.29 is 4.92 Å².